The van der Waals surface area contributed by atoms with Crippen LogP contribution in [0.4, 0.5) is 11.6 Å². The predicted octanol–water partition coefficient (Wildman–Crippen LogP) is 2.56. The molecule has 7 heteroatoms. The van der Waals surface area contributed by atoms with Crippen molar-refractivity contribution in [3.63, 3.8) is 0 Å². The van der Waals surface area contributed by atoms with Gasteiger partial charge in [0, 0.05) is 29.6 Å². The summed E-state index contributed by atoms with van der Waals surface area (Å²) in [6, 6.07) is 9.75. The largest absolute Gasteiger partial charge is 0.352 e. The van der Waals surface area contributed by atoms with Crippen molar-refractivity contribution in [3.8, 4) is 11.3 Å². The summed E-state index contributed by atoms with van der Waals surface area (Å²) in [6.07, 6.45) is 2.01. The number of benzene rings is 1. The lowest BCUT2D eigenvalue weighted by Crippen LogP contribution is -2.15. The molecule has 2 aromatic heterocycles. The van der Waals surface area contributed by atoms with Crippen molar-refractivity contribution in [2.24, 2.45) is 0 Å². The van der Waals surface area contributed by atoms with Crippen LogP contribution in [0.15, 0.2) is 36.5 Å². The maximum Gasteiger partial charge on any atom is 0.228 e. The van der Waals surface area contributed by atoms with Crippen molar-refractivity contribution < 1.29 is 4.79 Å². The third kappa shape index (κ3) is 3.15. The lowest BCUT2D eigenvalue weighted by atomic mass is 10.1. The number of para-hydroxylation sites is 1. The van der Waals surface area contributed by atoms with Crippen LogP contribution >= 0.6 is 0 Å². The van der Waals surface area contributed by atoms with Gasteiger partial charge in [-0.25, -0.2) is 9.97 Å². The number of aromatic nitrogens is 4. The summed E-state index contributed by atoms with van der Waals surface area (Å²) in [6.45, 7) is 5.43. The van der Waals surface area contributed by atoms with Crippen molar-refractivity contribution >= 4 is 17.5 Å². The fourth-order valence-electron chi connectivity index (χ4n) is 3.20. The van der Waals surface area contributed by atoms with Gasteiger partial charge >= 0.3 is 0 Å². The molecule has 0 atom stereocenters. The molecule has 0 saturated carbocycles. The number of carbonyl (C=O) groups excluding carboxylic acids is 1. The molecule has 4 rings (SSSR count). The van der Waals surface area contributed by atoms with Crippen LogP contribution in [-0.2, 0) is 17.8 Å². The molecule has 0 radical (unpaired) electrons. The molecule has 0 fully saturated rings. The minimum atomic E-state index is -0.0509. The molecule has 132 valence electrons. The summed E-state index contributed by atoms with van der Waals surface area (Å²) in [5, 5.41) is 10.6. The van der Waals surface area contributed by atoms with Crippen LogP contribution < -0.4 is 10.6 Å². The molecule has 0 unspecified atom stereocenters. The van der Waals surface area contributed by atoms with E-state index in [9.17, 15) is 4.79 Å². The van der Waals surface area contributed by atoms with Gasteiger partial charge in [0.05, 0.1) is 30.0 Å². The Kier molecular flexibility index (Phi) is 4.12. The highest BCUT2D eigenvalue weighted by atomic mass is 16.1. The number of rotatable bonds is 4. The molecule has 1 aromatic carbocycles. The maximum absolute atomic E-state index is 12.1. The monoisotopic (exact) mass is 348 g/mol. The van der Waals surface area contributed by atoms with E-state index < -0.39 is 0 Å². The maximum atomic E-state index is 12.1. The molecule has 1 aliphatic heterocycles. The molecule has 0 bridgehead atoms. The molecule has 26 heavy (non-hydrogen) atoms. The minimum Gasteiger partial charge on any atom is -0.352 e. The highest BCUT2D eigenvalue weighted by Gasteiger charge is 2.20. The minimum absolute atomic E-state index is 0.0509. The zero-order valence-electron chi connectivity index (χ0n) is 14.8. The van der Waals surface area contributed by atoms with E-state index in [0.717, 1.165) is 40.4 Å². The average Bonchev–Trinajstić information content (AvgIpc) is 2.86. The Balaban J connectivity index is 1.56. The van der Waals surface area contributed by atoms with E-state index in [1.807, 2.05) is 42.8 Å². The standard InChI is InChI=1S/C19H20N6O/c1-12-9-13(2)25(24-12)8-7-20-19-21-11-14-10-17(26)22-16-6-4-3-5-15(16)18(14)23-19/h3-6,9,11H,7-8,10H2,1-2H3,(H,22,26)(H,20,21,23). The average molecular weight is 348 g/mol. The molecule has 3 aromatic rings. The Morgan fingerprint density at radius 3 is 2.92 bits per heavy atom. The van der Waals surface area contributed by atoms with E-state index >= 15 is 0 Å². The van der Waals surface area contributed by atoms with Gasteiger partial charge in [0.25, 0.3) is 0 Å². The van der Waals surface area contributed by atoms with Gasteiger partial charge in [0.1, 0.15) is 0 Å². The van der Waals surface area contributed by atoms with E-state index in [4.69, 9.17) is 0 Å². The first-order valence-corrected chi connectivity index (χ1v) is 8.60. The van der Waals surface area contributed by atoms with Crippen LogP contribution in [0.3, 0.4) is 0 Å². The van der Waals surface area contributed by atoms with Gasteiger partial charge in [-0.2, -0.15) is 5.10 Å². The lowest BCUT2D eigenvalue weighted by Gasteiger charge is -2.11. The van der Waals surface area contributed by atoms with Crippen molar-refractivity contribution in [1.29, 1.82) is 0 Å². The number of fused-ring (bicyclic) bond motifs is 3. The Morgan fingerprint density at radius 1 is 1.27 bits per heavy atom. The van der Waals surface area contributed by atoms with Crippen LogP contribution in [0.2, 0.25) is 0 Å². The zero-order valence-corrected chi connectivity index (χ0v) is 14.8. The quantitative estimate of drug-likeness (QED) is 0.757. The molecule has 3 heterocycles. The highest BCUT2D eigenvalue weighted by molar-refractivity contribution is 5.99. The first-order chi connectivity index (χ1) is 12.6. The highest BCUT2D eigenvalue weighted by Crippen LogP contribution is 2.32. The van der Waals surface area contributed by atoms with Crippen LogP contribution in [0.5, 0.6) is 0 Å². The first-order valence-electron chi connectivity index (χ1n) is 8.60. The van der Waals surface area contributed by atoms with E-state index in [2.05, 4.69) is 31.8 Å². The molecule has 0 spiro atoms. The van der Waals surface area contributed by atoms with Gasteiger partial charge in [-0.3, -0.25) is 9.48 Å². The Labute approximate surface area is 151 Å². The number of hydrogen-bond donors (Lipinski definition) is 2. The van der Waals surface area contributed by atoms with Gasteiger partial charge in [-0.1, -0.05) is 18.2 Å². The normalized spacial score (nSPS) is 12.8. The number of nitrogens with zero attached hydrogens (tertiary/aromatic N) is 4. The van der Waals surface area contributed by atoms with Crippen LogP contribution in [0.25, 0.3) is 11.3 Å². The first kappa shape index (κ1) is 16.3. The number of nitrogens with one attached hydrogen (secondary N) is 2. The predicted molar refractivity (Wildman–Crippen MR) is 100.0 cm³/mol. The summed E-state index contributed by atoms with van der Waals surface area (Å²) in [4.78, 5) is 21.1. The molecule has 0 aliphatic carbocycles. The van der Waals surface area contributed by atoms with Crippen molar-refractivity contribution in [1.82, 2.24) is 19.7 Å². The molecule has 0 saturated heterocycles. The Hall–Kier alpha value is -3.22. The number of anilines is 2. The molecule has 2 N–H and O–H groups in total. The van der Waals surface area contributed by atoms with Crippen molar-refractivity contribution in [2.75, 3.05) is 17.2 Å². The van der Waals surface area contributed by atoms with Crippen molar-refractivity contribution in [3.05, 3.63) is 53.5 Å². The molecular formula is C19H20N6O. The smallest absolute Gasteiger partial charge is 0.228 e. The number of aryl methyl sites for hydroxylation is 2. The fraction of sp³-hybridized carbons (Fsp3) is 0.263. The summed E-state index contributed by atoms with van der Waals surface area (Å²) >= 11 is 0. The van der Waals surface area contributed by atoms with E-state index in [0.29, 0.717) is 12.5 Å². The number of hydrogen-bond acceptors (Lipinski definition) is 5. The van der Waals surface area contributed by atoms with E-state index in [-0.39, 0.29) is 12.3 Å². The second kappa shape index (κ2) is 6.59. The summed E-state index contributed by atoms with van der Waals surface area (Å²) in [5.41, 5.74) is 5.46. The molecule has 1 amide bonds. The molecule has 1 aliphatic rings. The Morgan fingerprint density at radius 2 is 2.12 bits per heavy atom. The van der Waals surface area contributed by atoms with Gasteiger partial charge in [0.15, 0.2) is 0 Å². The zero-order chi connectivity index (χ0) is 18.1. The lowest BCUT2D eigenvalue weighted by molar-refractivity contribution is -0.115. The second-order valence-corrected chi connectivity index (χ2v) is 6.42. The van der Waals surface area contributed by atoms with E-state index in [1.54, 1.807) is 6.20 Å². The van der Waals surface area contributed by atoms with Gasteiger partial charge < -0.3 is 10.6 Å². The van der Waals surface area contributed by atoms with Crippen LogP contribution in [-0.4, -0.2) is 32.2 Å². The van der Waals surface area contributed by atoms with Crippen LogP contribution in [0.1, 0.15) is 17.0 Å². The fourth-order valence-corrected chi connectivity index (χ4v) is 3.20. The van der Waals surface area contributed by atoms with E-state index in [1.165, 1.54) is 0 Å². The molecular weight excluding hydrogens is 328 g/mol. The number of amides is 1. The SMILES string of the molecule is Cc1cc(C)n(CCNc2ncc3c(n2)-c2ccccc2NC(=O)C3)n1. The van der Waals surface area contributed by atoms with Crippen molar-refractivity contribution in [2.45, 2.75) is 26.8 Å². The molecule has 7 nitrogen and oxygen atoms in total. The number of carbonyl (C=O) groups is 1. The van der Waals surface area contributed by atoms with Gasteiger partial charge in [0.2, 0.25) is 11.9 Å². The summed E-state index contributed by atoms with van der Waals surface area (Å²) in [7, 11) is 0. The van der Waals surface area contributed by atoms with Gasteiger partial charge in [-0.15, -0.1) is 0 Å². The second-order valence-electron chi connectivity index (χ2n) is 6.42. The van der Waals surface area contributed by atoms with Gasteiger partial charge in [-0.05, 0) is 26.0 Å². The summed E-state index contributed by atoms with van der Waals surface area (Å²) < 4.78 is 1.96. The van der Waals surface area contributed by atoms with Crippen LogP contribution in [0, 0.1) is 13.8 Å². The third-order valence-corrected chi connectivity index (χ3v) is 4.38. The summed E-state index contributed by atoms with van der Waals surface area (Å²) in [5.74, 6) is 0.500. The third-order valence-electron chi connectivity index (χ3n) is 4.38. The topological polar surface area (TPSA) is 84.7 Å². The Bertz CT molecular complexity index is 978.